The second kappa shape index (κ2) is 4.94. The number of hydrogen-bond acceptors (Lipinski definition) is 4. The van der Waals surface area contributed by atoms with E-state index >= 15 is 0 Å². The predicted molar refractivity (Wildman–Crippen MR) is 82.6 cm³/mol. The second-order valence-electron chi connectivity index (χ2n) is 4.39. The molecule has 3 aromatic heterocycles. The lowest BCUT2D eigenvalue weighted by Crippen LogP contribution is -1.98. The highest BCUT2D eigenvalue weighted by Crippen LogP contribution is 2.22. The Kier molecular flexibility index (Phi) is 3.28. The van der Waals surface area contributed by atoms with Crippen LogP contribution in [0.5, 0.6) is 0 Å². The van der Waals surface area contributed by atoms with E-state index in [2.05, 4.69) is 48.8 Å². The summed E-state index contributed by atoms with van der Waals surface area (Å²) in [5, 5.41) is 11.0. The molecule has 0 saturated heterocycles. The Hall–Kier alpha value is -1.40. The van der Waals surface area contributed by atoms with E-state index in [0.29, 0.717) is 0 Å². The Bertz CT molecular complexity index is 731. The Morgan fingerprint density at radius 3 is 3.00 bits per heavy atom. The van der Waals surface area contributed by atoms with Gasteiger partial charge in [0.05, 0.1) is 17.6 Å². The molecule has 4 nitrogen and oxygen atoms in total. The standard InChI is InChI=1S/C13H13BrN4S/c1-8-12-4-10(5-16-13(12)18(2)17-8)15-6-11-3-9(14)7-19-11/h3-5,7,15H,6H2,1-2H3. The molecule has 6 heteroatoms. The third kappa shape index (κ3) is 2.50. The molecule has 0 aromatic carbocycles. The van der Waals surface area contributed by atoms with Crippen LogP contribution in [0.1, 0.15) is 10.6 Å². The average molecular weight is 337 g/mol. The lowest BCUT2D eigenvalue weighted by atomic mass is 10.2. The van der Waals surface area contributed by atoms with Crippen molar-refractivity contribution in [2.45, 2.75) is 13.5 Å². The van der Waals surface area contributed by atoms with Gasteiger partial charge in [-0.25, -0.2) is 4.98 Å². The molecule has 1 N–H and O–H groups in total. The fourth-order valence-electron chi connectivity index (χ4n) is 2.04. The van der Waals surface area contributed by atoms with Crippen molar-refractivity contribution in [3.8, 4) is 0 Å². The summed E-state index contributed by atoms with van der Waals surface area (Å²) in [6.07, 6.45) is 1.85. The van der Waals surface area contributed by atoms with E-state index in [0.717, 1.165) is 33.4 Å². The molecule has 0 amide bonds. The van der Waals surface area contributed by atoms with Crippen molar-refractivity contribution < 1.29 is 0 Å². The van der Waals surface area contributed by atoms with Crippen LogP contribution in [0.25, 0.3) is 11.0 Å². The van der Waals surface area contributed by atoms with Crippen LogP contribution in [0.4, 0.5) is 5.69 Å². The molecular weight excluding hydrogens is 324 g/mol. The van der Waals surface area contributed by atoms with Gasteiger partial charge < -0.3 is 5.32 Å². The minimum atomic E-state index is 0.808. The third-order valence-electron chi connectivity index (χ3n) is 2.95. The molecule has 0 bridgehead atoms. The van der Waals surface area contributed by atoms with Crippen LogP contribution in [0, 0.1) is 6.92 Å². The molecular formula is C13H13BrN4S. The molecule has 3 aromatic rings. The first-order chi connectivity index (χ1) is 9.13. The molecule has 0 fully saturated rings. The van der Waals surface area contributed by atoms with E-state index in [1.165, 1.54) is 4.88 Å². The van der Waals surface area contributed by atoms with Crippen molar-refractivity contribution >= 4 is 44.0 Å². The summed E-state index contributed by atoms with van der Waals surface area (Å²) in [7, 11) is 1.92. The lowest BCUT2D eigenvalue weighted by Gasteiger charge is -2.04. The van der Waals surface area contributed by atoms with Crippen LogP contribution in [0.2, 0.25) is 0 Å². The molecule has 0 aliphatic carbocycles. The number of thiophene rings is 1. The number of nitrogens with zero attached hydrogens (tertiary/aromatic N) is 3. The van der Waals surface area contributed by atoms with Crippen molar-refractivity contribution in [1.29, 1.82) is 0 Å². The quantitative estimate of drug-likeness (QED) is 0.792. The number of fused-ring (bicyclic) bond motifs is 1. The van der Waals surface area contributed by atoms with Gasteiger partial charge in [-0.1, -0.05) is 0 Å². The first-order valence-corrected chi connectivity index (χ1v) is 7.57. The van der Waals surface area contributed by atoms with E-state index in [9.17, 15) is 0 Å². The highest BCUT2D eigenvalue weighted by Gasteiger charge is 2.07. The smallest absolute Gasteiger partial charge is 0.157 e. The van der Waals surface area contributed by atoms with Crippen molar-refractivity contribution in [2.75, 3.05) is 5.32 Å². The monoisotopic (exact) mass is 336 g/mol. The van der Waals surface area contributed by atoms with Gasteiger partial charge in [0.2, 0.25) is 0 Å². The highest BCUT2D eigenvalue weighted by atomic mass is 79.9. The van der Waals surface area contributed by atoms with Gasteiger partial charge in [-0.05, 0) is 35.0 Å². The molecule has 0 radical (unpaired) electrons. The van der Waals surface area contributed by atoms with E-state index < -0.39 is 0 Å². The zero-order valence-electron chi connectivity index (χ0n) is 10.6. The molecule has 0 unspecified atom stereocenters. The maximum absolute atomic E-state index is 4.45. The van der Waals surface area contributed by atoms with E-state index in [1.807, 2.05) is 24.9 Å². The van der Waals surface area contributed by atoms with Gasteiger partial charge in [0.15, 0.2) is 5.65 Å². The second-order valence-corrected chi connectivity index (χ2v) is 6.30. The number of nitrogens with one attached hydrogen (secondary N) is 1. The maximum atomic E-state index is 4.45. The molecule has 0 aliphatic rings. The normalized spacial score (nSPS) is 11.1. The Morgan fingerprint density at radius 1 is 1.42 bits per heavy atom. The molecule has 0 spiro atoms. The number of halogens is 1. The summed E-state index contributed by atoms with van der Waals surface area (Å²) in [6, 6.07) is 4.23. The third-order valence-corrected chi connectivity index (χ3v) is 4.65. The molecule has 0 saturated carbocycles. The molecule has 19 heavy (non-hydrogen) atoms. The Labute approximate surface area is 123 Å². The summed E-state index contributed by atoms with van der Waals surface area (Å²) < 4.78 is 2.94. The number of aryl methyl sites for hydroxylation is 2. The molecule has 98 valence electrons. The lowest BCUT2D eigenvalue weighted by molar-refractivity contribution is 0.774. The SMILES string of the molecule is Cc1nn(C)c2ncc(NCc3cc(Br)cs3)cc12. The summed E-state index contributed by atoms with van der Waals surface area (Å²) in [6.45, 7) is 2.81. The number of pyridine rings is 1. The van der Waals surface area contributed by atoms with Crippen LogP contribution >= 0.6 is 27.3 Å². The van der Waals surface area contributed by atoms with Gasteiger partial charge in [-0.15, -0.1) is 11.3 Å². The van der Waals surface area contributed by atoms with Crippen LogP contribution in [-0.2, 0) is 13.6 Å². The number of rotatable bonds is 3. The molecule has 3 rings (SSSR count). The zero-order chi connectivity index (χ0) is 13.4. The first-order valence-electron chi connectivity index (χ1n) is 5.89. The van der Waals surface area contributed by atoms with Crippen LogP contribution in [-0.4, -0.2) is 14.8 Å². The predicted octanol–water partition coefficient (Wildman–Crippen LogP) is 3.71. The maximum Gasteiger partial charge on any atom is 0.157 e. The van der Waals surface area contributed by atoms with E-state index in [1.54, 1.807) is 11.3 Å². The van der Waals surface area contributed by atoms with Crippen LogP contribution < -0.4 is 5.32 Å². The van der Waals surface area contributed by atoms with Gasteiger partial charge in [0, 0.05) is 33.7 Å². The first kappa shape index (κ1) is 12.6. The Balaban J connectivity index is 1.83. The minimum absolute atomic E-state index is 0.808. The highest BCUT2D eigenvalue weighted by molar-refractivity contribution is 9.10. The van der Waals surface area contributed by atoms with Crippen molar-refractivity contribution in [1.82, 2.24) is 14.8 Å². The zero-order valence-corrected chi connectivity index (χ0v) is 13.0. The average Bonchev–Trinajstić information content (AvgIpc) is 2.92. The Morgan fingerprint density at radius 2 is 2.26 bits per heavy atom. The number of hydrogen-bond donors (Lipinski definition) is 1. The van der Waals surface area contributed by atoms with Gasteiger partial charge in [0.25, 0.3) is 0 Å². The van der Waals surface area contributed by atoms with Gasteiger partial charge >= 0.3 is 0 Å². The molecule has 0 aliphatic heterocycles. The summed E-state index contributed by atoms with van der Waals surface area (Å²) in [5.41, 5.74) is 2.95. The van der Waals surface area contributed by atoms with Crippen molar-refractivity contribution in [3.05, 3.63) is 38.8 Å². The van der Waals surface area contributed by atoms with Gasteiger partial charge in [0.1, 0.15) is 0 Å². The number of aromatic nitrogens is 3. The van der Waals surface area contributed by atoms with Gasteiger partial charge in [-0.2, -0.15) is 5.10 Å². The molecule has 3 heterocycles. The van der Waals surface area contributed by atoms with Gasteiger partial charge in [-0.3, -0.25) is 4.68 Å². The van der Waals surface area contributed by atoms with Crippen LogP contribution in [0.3, 0.4) is 0 Å². The van der Waals surface area contributed by atoms with Crippen molar-refractivity contribution in [3.63, 3.8) is 0 Å². The largest absolute Gasteiger partial charge is 0.379 e. The summed E-state index contributed by atoms with van der Waals surface area (Å²) >= 11 is 5.20. The topological polar surface area (TPSA) is 42.7 Å². The fourth-order valence-corrected chi connectivity index (χ4v) is 3.43. The fraction of sp³-hybridized carbons (Fsp3) is 0.231. The molecule has 0 atom stereocenters. The van der Waals surface area contributed by atoms with E-state index in [4.69, 9.17) is 0 Å². The van der Waals surface area contributed by atoms with E-state index in [-0.39, 0.29) is 0 Å². The number of anilines is 1. The minimum Gasteiger partial charge on any atom is -0.379 e. The summed E-state index contributed by atoms with van der Waals surface area (Å²) in [5.74, 6) is 0. The van der Waals surface area contributed by atoms with Crippen molar-refractivity contribution in [2.24, 2.45) is 7.05 Å². The summed E-state index contributed by atoms with van der Waals surface area (Å²) in [4.78, 5) is 5.74. The van der Waals surface area contributed by atoms with Crippen LogP contribution in [0.15, 0.2) is 28.2 Å².